The molecule has 0 spiro atoms. The second-order valence-electron chi connectivity index (χ2n) is 6.65. The molecule has 1 aromatic heterocycles. The van der Waals surface area contributed by atoms with Crippen molar-refractivity contribution < 1.29 is 46.8 Å². The largest absolute Gasteiger partial charge is 0.493 e. The number of aromatic amines is 1. The summed E-state index contributed by atoms with van der Waals surface area (Å²) in [5.41, 5.74) is 1.10. The van der Waals surface area contributed by atoms with E-state index in [-0.39, 0.29) is 48.3 Å². The summed E-state index contributed by atoms with van der Waals surface area (Å²) in [7, 11) is 1.29. The van der Waals surface area contributed by atoms with E-state index in [0.717, 1.165) is 6.08 Å². The molecule has 0 fully saturated rings. The summed E-state index contributed by atoms with van der Waals surface area (Å²) in [5, 5.41) is 0. The number of rotatable bonds is 11. The van der Waals surface area contributed by atoms with Crippen molar-refractivity contribution in [2.24, 2.45) is 0 Å². The molecule has 9 nitrogen and oxygen atoms in total. The summed E-state index contributed by atoms with van der Waals surface area (Å²) in [6.45, 7) is 1.73. The van der Waals surface area contributed by atoms with Gasteiger partial charge in [-0.2, -0.15) is 8.78 Å². The zero-order valence-corrected chi connectivity index (χ0v) is 19.1. The molecule has 0 aliphatic carbocycles. The zero-order chi connectivity index (χ0) is 25.3. The van der Waals surface area contributed by atoms with Gasteiger partial charge in [0.25, 0.3) is 0 Å². The van der Waals surface area contributed by atoms with Crippen molar-refractivity contribution >= 4 is 24.0 Å². The van der Waals surface area contributed by atoms with Crippen molar-refractivity contribution in [3.8, 4) is 11.5 Å². The number of methoxy groups -OCH3 is 1. The molecule has 0 aliphatic rings. The van der Waals surface area contributed by atoms with Gasteiger partial charge in [-0.05, 0) is 50.1 Å². The Labute approximate surface area is 194 Å². The van der Waals surface area contributed by atoms with Crippen LogP contribution < -0.4 is 9.47 Å². The van der Waals surface area contributed by atoms with E-state index in [1.54, 1.807) is 20.8 Å². The monoisotopic (exact) mass is 481 g/mol. The molecule has 2 aromatic rings. The summed E-state index contributed by atoms with van der Waals surface area (Å²) < 4.78 is 49.4. The third-order valence-corrected chi connectivity index (χ3v) is 4.46. The number of carbonyl (C=O) groups excluding carboxylic acids is 3. The molecule has 0 unspecified atom stereocenters. The summed E-state index contributed by atoms with van der Waals surface area (Å²) in [4.78, 5) is 39.5. The lowest BCUT2D eigenvalue weighted by atomic mass is 10.1. The van der Waals surface area contributed by atoms with Gasteiger partial charge in [0.05, 0.1) is 31.6 Å². The molecular weight excluding hydrogens is 456 g/mol. The molecule has 1 aromatic carbocycles. The Balaban J connectivity index is 2.16. The highest BCUT2D eigenvalue weighted by molar-refractivity contribution is 5.98. The number of halogens is 2. The quantitative estimate of drug-likeness (QED) is 0.291. The molecule has 0 radical (unpaired) electrons. The lowest BCUT2D eigenvalue weighted by Crippen LogP contribution is -2.10. The van der Waals surface area contributed by atoms with Crippen LogP contribution in [0.25, 0.3) is 6.08 Å². The number of nitrogens with one attached hydrogen (secondary N) is 1. The van der Waals surface area contributed by atoms with Gasteiger partial charge in [-0.15, -0.1) is 0 Å². The third-order valence-electron chi connectivity index (χ3n) is 4.46. The van der Waals surface area contributed by atoms with Crippen LogP contribution in [-0.4, -0.2) is 49.8 Å². The van der Waals surface area contributed by atoms with Crippen LogP contribution in [0, 0.1) is 6.92 Å². The maximum Gasteiger partial charge on any atom is 0.387 e. The number of carbonyl (C=O) groups is 3. The number of hydrogen-bond donors (Lipinski definition) is 1. The van der Waals surface area contributed by atoms with Gasteiger partial charge in [0.15, 0.2) is 11.5 Å². The number of alkyl halides is 2. The summed E-state index contributed by atoms with van der Waals surface area (Å²) in [5.74, 6) is -2.18. The first-order valence-electron chi connectivity index (χ1n) is 10.2. The predicted octanol–water partition coefficient (Wildman–Crippen LogP) is 4.04. The van der Waals surface area contributed by atoms with Gasteiger partial charge >= 0.3 is 24.5 Å². The van der Waals surface area contributed by atoms with Crippen LogP contribution in [-0.2, 0) is 25.6 Å². The highest BCUT2D eigenvalue weighted by Gasteiger charge is 2.26. The van der Waals surface area contributed by atoms with E-state index in [1.807, 2.05) is 0 Å². The van der Waals surface area contributed by atoms with E-state index in [9.17, 15) is 23.2 Å². The standard InChI is InChI=1S/C23H25F2NO8/c1-5-31-21(28)19-13(3)20(22(29)32-6-2)26-15(19)12-33-18(27)10-8-14-7-9-16(34-23(24)25)17(11-14)30-4/h7-11,23,26H,5-6,12H2,1-4H3. The molecule has 11 heteroatoms. The first kappa shape index (κ1) is 26.4. The highest BCUT2D eigenvalue weighted by Crippen LogP contribution is 2.30. The minimum Gasteiger partial charge on any atom is -0.493 e. The smallest absolute Gasteiger partial charge is 0.387 e. The number of aromatic nitrogens is 1. The summed E-state index contributed by atoms with van der Waals surface area (Å²) >= 11 is 0. The molecule has 184 valence electrons. The second kappa shape index (κ2) is 12.4. The van der Waals surface area contributed by atoms with Gasteiger partial charge in [0.2, 0.25) is 0 Å². The molecule has 1 N–H and O–H groups in total. The van der Waals surface area contributed by atoms with E-state index < -0.39 is 24.5 Å². The molecular formula is C23H25F2NO8. The van der Waals surface area contributed by atoms with Crippen LogP contribution in [0.3, 0.4) is 0 Å². The van der Waals surface area contributed by atoms with Gasteiger partial charge < -0.3 is 28.7 Å². The van der Waals surface area contributed by atoms with Crippen LogP contribution in [0.1, 0.15) is 51.5 Å². The Bertz CT molecular complexity index is 1060. The van der Waals surface area contributed by atoms with Crippen LogP contribution in [0.4, 0.5) is 8.78 Å². The first-order chi connectivity index (χ1) is 16.2. The van der Waals surface area contributed by atoms with Crippen LogP contribution in [0.15, 0.2) is 24.3 Å². The van der Waals surface area contributed by atoms with Crippen molar-refractivity contribution in [3.63, 3.8) is 0 Å². The maximum absolute atomic E-state index is 12.4. The fourth-order valence-electron chi connectivity index (χ4n) is 2.99. The van der Waals surface area contributed by atoms with Crippen molar-refractivity contribution in [1.29, 1.82) is 0 Å². The van der Waals surface area contributed by atoms with E-state index in [0.29, 0.717) is 11.1 Å². The van der Waals surface area contributed by atoms with E-state index in [1.165, 1.54) is 31.4 Å². The molecule has 0 atom stereocenters. The first-order valence-corrected chi connectivity index (χ1v) is 10.2. The molecule has 0 aliphatic heterocycles. The topological polar surface area (TPSA) is 113 Å². The molecule has 0 saturated heterocycles. The normalized spacial score (nSPS) is 10.9. The number of esters is 3. The Kier molecular flexibility index (Phi) is 9.60. The van der Waals surface area contributed by atoms with Gasteiger partial charge in [-0.25, -0.2) is 14.4 Å². The molecule has 2 rings (SSSR count). The van der Waals surface area contributed by atoms with Gasteiger partial charge in [-0.1, -0.05) is 6.07 Å². The molecule has 1 heterocycles. The number of ether oxygens (including phenoxy) is 5. The minimum atomic E-state index is -3.01. The minimum absolute atomic E-state index is 0.0586. The Morgan fingerprint density at radius 3 is 2.32 bits per heavy atom. The lowest BCUT2D eigenvalue weighted by Gasteiger charge is -2.10. The molecule has 34 heavy (non-hydrogen) atoms. The van der Waals surface area contributed by atoms with E-state index >= 15 is 0 Å². The maximum atomic E-state index is 12.4. The molecule has 0 bridgehead atoms. The average molecular weight is 481 g/mol. The van der Waals surface area contributed by atoms with Crippen molar-refractivity contribution in [2.75, 3.05) is 20.3 Å². The second-order valence-corrected chi connectivity index (χ2v) is 6.65. The fourth-order valence-corrected chi connectivity index (χ4v) is 2.99. The van der Waals surface area contributed by atoms with E-state index in [2.05, 4.69) is 9.72 Å². The summed E-state index contributed by atoms with van der Waals surface area (Å²) in [6.07, 6.45) is 2.49. The number of benzene rings is 1. The Hall–Kier alpha value is -3.89. The van der Waals surface area contributed by atoms with Gasteiger partial charge in [0, 0.05) is 6.08 Å². The third kappa shape index (κ3) is 6.80. The van der Waals surface area contributed by atoms with E-state index in [4.69, 9.17) is 18.9 Å². The average Bonchev–Trinajstić information content (AvgIpc) is 3.13. The van der Waals surface area contributed by atoms with Crippen molar-refractivity contribution in [1.82, 2.24) is 4.98 Å². The van der Waals surface area contributed by atoms with Crippen LogP contribution in [0.2, 0.25) is 0 Å². The van der Waals surface area contributed by atoms with Crippen molar-refractivity contribution in [2.45, 2.75) is 34.0 Å². The zero-order valence-electron chi connectivity index (χ0n) is 19.1. The fraction of sp³-hybridized carbons (Fsp3) is 0.348. The Morgan fingerprint density at radius 1 is 1.03 bits per heavy atom. The predicted molar refractivity (Wildman–Crippen MR) is 116 cm³/mol. The number of hydrogen-bond acceptors (Lipinski definition) is 8. The highest BCUT2D eigenvalue weighted by atomic mass is 19.3. The summed E-state index contributed by atoms with van der Waals surface area (Å²) in [6, 6.07) is 4.13. The van der Waals surface area contributed by atoms with Gasteiger partial charge in [0.1, 0.15) is 12.3 Å². The van der Waals surface area contributed by atoms with Crippen LogP contribution >= 0.6 is 0 Å². The molecule has 0 saturated carbocycles. The Morgan fingerprint density at radius 2 is 1.71 bits per heavy atom. The van der Waals surface area contributed by atoms with Crippen LogP contribution in [0.5, 0.6) is 11.5 Å². The lowest BCUT2D eigenvalue weighted by molar-refractivity contribution is -0.139. The number of H-pyrrole nitrogens is 1. The molecule has 0 amide bonds. The SMILES string of the molecule is CCOC(=O)c1[nH]c(COC(=O)C=Cc2ccc(OC(F)F)c(OC)c2)c(C(=O)OCC)c1C. The van der Waals surface area contributed by atoms with Gasteiger partial charge in [-0.3, -0.25) is 0 Å². The van der Waals surface area contributed by atoms with Crippen molar-refractivity contribution in [3.05, 3.63) is 52.4 Å².